The molecule has 0 amide bonds. The summed E-state index contributed by atoms with van der Waals surface area (Å²) in [5, 5.41) is 8.67. The van der Waals surface area contributed by atoms with E-state index in [9.17, 15) is 0 Å². The second-order valence-corrected chi connectivity index (χ2v) is 6.69. The lowest BCUT2D eigenvalue weighted by atomic mass is 10.2. The van der Waals surface area contributed by atoms with Gasteiger partial charge in [0.25, 0.3) is 0 Å². The van der Waals surface area contributed by atoms with Crippen molar-refractivity contribution in [2.24, 2.45) is 18.1 Å². The lowest BCUT2D eigenvalue weighted by molar-refractivity contribution is 0.624. The molecule has 1 aromatic rings. The molecule has 1 heterocycles. The summed E-state index contributed by atoms with van der Waals surface area (Å²) < 4.78 is 21.9. The minimum atomic E-state index is -1.26. The zero-order valence-electron chi connectivity index (χ0n) is 8.24. The van der Waals surface area contributed by atoms with Gasteiger partial charge in [0, 0.05) is 9.03 Å². The van der Waals surface area contributed by atoms with Crippen LogP contribution in [0.15, 0.2) is 42.3 Å². The fourth-order valence-corrected chi connectivity index (χ4v) is 4.19. The molecule has 0 saturated heterocycles. The number of hydrogen-bond acceptors (Lipinski definition) is 6. The predicted octanol–water partition coefficient (Wildman–Crippen LogP) is 5.58. The topological polar surface area (TPSA) is 82.5 Å². The Morgan fingerprint density at radius 1 is 1.12 bits per heavy atom. The van der Waals surface area contributed by atoms with Crippen molar-refractivity contribution >= 4 is 33.7 Å². The fourth-order valence-electron chi connectivity index (χ4n) is 0.897. The fraction of sp³-hybridized carbons (Fsp3) is 0. The van der Waals surface area contributed by atoms with Gasteiger partial charge < -0.3 is 0 Å². The number of benzene rings is 1. The Kier molecular flexibility index (Phi) is 4.80. The van der Waals surface area contributed by atoms with Crippen LogP contribution >= 0.6 is 33.7 Å². The average molecular weight is 298 g/mol. The molecule has 0 N–H and O–H groups in total. The van der Waals surface area contributed by atoms with Gasteiger partial charge >= 0.3 is 8.09 Å². The second kappa shape index (κ2) is 6.60. The third kappa shape index (κ3) is 4.00. The number of nitriles is 1. The smallest absolute Gasteiger partial charge is 0.247 e. The first-order chi connectivity index (χ1) is 8.38. The van der Waals surface area contributed by atoms with Crippen LogP contribution < -0.4 is 4.52 Å². The lowest BCUT2D eigenvalue weighted by Gasteiger charge is -1.92. The van der Waals surface area contributed by atoms with E-state index >= 15 is 0 Å². The van der Waals surface area contributed by atoms with Crippen molar-refractivity contribution in [3.63, 3.8) is 0 Å². The number of nitrogens with zero attached hydrogens (tertiary/aromatic N) is 5. The molecular formula is C7H4N5OP4+. The van der Waals surface area contributed by atoms with Gasteiger partial charge in [-0.2, -0.15) is 14.3 Å². The first-order valence-electron chi connectivity index (χ1n) is 4.28. The van der Waals surface area contributed by atoms with Crippen LogP contribution in [0.25, 0.3) is 0 Å². The molecule has 1 atom stereocenters. The van der Waals surface area contributed by atoms with E-state index in [1.54, 1.807) is 24.3 Å². The highest BCUT2D eigenvalue weighted by Gasteiger charge is 2.16. The molecular weight excluding hydrogens is 294 g/mol. The average Bonchev–Trinajstić information content (AvgIpc) is 2.33. The van der Waals surface area contributed by atoms with Crippen molar-refractivity contribution < 1.29 is 4.52 Å². The standard InChI is InChI=1S/C7H4N5OP4/c8-5-6-1-3-7(4-2-6)13-17-11-15-9-14-10-16-12-17/h1-4H/q+1. The third-order valence-electron chi connectivity index (χ3n) is 1.56. The van der Waals surface area contributed by atoms with Gasteiger partial charge in [-0.25, -0.2) is 4.52 Å². The van der Waals surface area contributed by atoms with E-state index in [0.717, 1.165) is 0 Å². The molecule has 0 radical (unpaired) electrons. The van der Waals surface area contributed by atoms with Crippen LogP contribution in [0.1, 0.15) is 5.56 Å². The van der Waals surface area contributed by atoms with Crippen molar-refractivity contribution in [2.75, 3.05) is 0 Å². The maximum atomic E-state index is 8.67. The van der Waals surface area contributed by atoms with E-state index in [2.05, 4.69) is 18.1 Å². The van der Waals surface area contributed by atoms with E-state index in [1.807, 2.05) is 6.07 Å². The molecule has 0 fully saturated rings. The van der Waals surface area contributed by atoms with Gasteiger partial charge in [0.1, 0.15) is 0 Å². The summed E-state index contributed by atoms with van der Waals surface area (Å²) in [6.45, 7) is 0. The first kappa shape index (κ1) is 12.4. The summed E-state index contributed by atoms with van der Waals surface area (Å²) in [6, 6.07) is 8.88. The zero-order valence-corrected chi connectivity index (χ0v) is 11.8. The Morgan fingerprint density at radius 3 is 2.65 bits per heavy atom. The Bertz CT molecular complexity index is 559. The number of hydrogen-bond donors (Lipinski definition) is 0. The SMILES string of the molecule is N#Cc1ccc(O[P+]2=NP=NP=NP=N2)cc1. The van der Waals surface area contributed by atoms with E-state index in [1.165, 1.54) is 0 Å². The Hall–Kier alpha value is -1.09. The molecule has 1 aromatic carbocycles. The highest BCUT2D eigenvalue weighted by Crippen LogP contribution is 2.40. The van der Waals surface area contributed by atoms with E-state index in [-0.39, 0.29) is 0 Å². The molecule has 0 aliphatic carbocycles. The Morgan fingerprint density at radius 2 is 1.88 bits per heavy atom. The van der Waals surface area contributed by atoms with Crippen molar-refractivity contribution in [1.29, 1.82) is 5.26 Å². The van der Waals surface area contributed by atoms with Crippen LogP contribution in [-0.2, 0) is 0 Å². The third-order valence-corrected chi connectivity index (χ3v) is 5.08. The molecule has 2 rings (SSSR count). The molecule has 82 valence electrons. The summed E-state index contributed by atoms with van der Waals surface area (Å²) in [4.78, 5) is 0. The minimum Gasteiger partial charge on any atom is -0.247 e. The molecule has 0 spiro atoms. The van der Waals surface area contributed by atoms with E-state index in [0.29, 0.717) is 36.9 Å². The summed E-state index contributed by atoms with van der Waals surface area (Å²) >= 11 is 0. The van der Waals surface area contributed by atoms with Crippen LogP contribution in [0.5, 0.6) is 5.75 Å². The van der Waals surface area contributed by atoms with Crippen molar-refractivity contribution in [2.45, 2.75) is 0 Å². The minimum absolute atomic E-state index is 0.589. The largest absolute Gasteiger partial charge is 0.600 e. The molecule has 0 bridgehead atoms. The van der Waals surface area contributed by atoms with Gasteiger partial charge in [-0.15, -0.1) is 0 Å². The van der Waals surface area contributed by atoms with Gasteiger partial charge in [-0.3, -0.25) is 0 Å². The van der Waals surface area contributed by atoms with Gasteiger partial charge in [0.15, 0.2) is 14.3 Å². The Labute approximate surface area is 103 Å². The molecule has 0 aromatic heterocycles. The summed E-state index contributed by atoms with van der Waals surface area (Å²) in [6.07, 6.45) is 0. The van der Waals surface area contributed by atoms with Gasteiger partial charge in [-0.05, 0) is 24.3 Å². The molecule has 1 aliphatic rings. The van der Waals surface area contributed by atoms with Crippen LogP contribution in [0.4, 0.5) is 0 Å². The summed E-state index contributed by atoms with van der Waals surface area (Å²) in [7, 11) is 0.574. The lowest BCUT2D eigenvalue weighted by Crippen LogP contribution is -1.79. The van der Waals surface area contributed by atoms with Gasteiger partial charge in [-0.1, -0.05) is 0 Å². The van der Waals surface area contributed by atoms with Crippen molar-refractivity contribution in [3.8, 4) is 11.8 Å². The van der Waals surface area contributed by atoms with Crippen molar-refractivity contribution in [3.05, 3.63) is 29.8 Å². The molecule has 0 saturated carbocycles. The summed E-state index contributed by atoms with van der Waals surface area (Å²) in [5.41, 5.74) is 0.594. The number of rotatable bonds is 2. The summed E-state index contributed by atoms with van der Waals surface area (Å²) in [5.74, 6) is 0.645. The maximum absolute atomic E-state index is 8.67. The van der Waals surface area contributed by atoms with Crippen LogP contribution in [0, 0.1) is 11.3 Å². The Balaban J connectivity index is 2.12. The second-order valence-electron chi connectivity index (χ2n) is 2.61. The first-order valence-corrected chi connectivity index (χ1v) is 7.85. The predicted molar refractivity (Wildman–Crippen MR) is 69.2 cm³/mol. The van der Waals surface area contributed by atoms with Crippen LogP contribution in [-0.4, -0.2) is 0 Å². The van der Waals surface area contributed by atoms with Crippen molar-refractivity contribution in [1.82, 2.24) is 0 Å². The molecule has 6 nitrogen and oxygen atoms in total. The highest BCUT2D eigenvalue weighted by molar-refractivity contribution is 7.55. The molecule has 1 unspecified atom stereocenters. The van der Waals surface area contributed by atoms with Gasteiger partial charge in [0.05, 0.1) is 11.6 Å². The van der Waals surface area contributed by atoms with Crippen LogP contribution in [0.3, 0.4) is 0 Å². The van der Waals surface area contributed by atoms with Crippen LogP contribution in [0.2, 0.25) is 0 Å². The normalized spacial score (nSPS) is 18.4. The quantitative estimate of drug-likeness (QED) is 0.667. The van der Waals surface area contributed by atoms with E-state index in [4.69, 9.17) is 9.79 Å². The monoisotopic (exact) mass is 298 g/mol. The zero-order chi connectivity index (χ0) is 11.9. The maximum Gasteiger partial charge on any atom is 0.600 e. The molecule has 10 heteroatoms. The van der Waals surface area contributed by atoms with Gasteiger partial charge in [0.2, 0.25) is 17.0 Å². The van der Waals surface area contributed by atoms with E-state index < -0.39 is 8.09 Å². The molecule has 1 aliphatic heterocycles. The highest BCUT2D eigenvalue weighted by atomic mass is 31.2. The molecule has 17 heavy (non-hydrogen) atoms.